The van der Waals surface area contributed by atoms with Crippen LogP contribution < -0.4 is 14.2 Å². The lowest BCUT2D eigenvalue weighted by Gasteiger charge is -2.31. The van der Waals surface area contributed by atoms with E-state index in [2.05, 4.69) is 4.72 Å². The van der Waals surface area contributed by atoms with Crippen LogP contribution in [0.4, 0.5) is 0 Å². The van der Waals surface area contributed by atoms with Crippen molar-refractivity contribution in [3.8, 4) is 11.5 Å². The second kappa shape index (κ2) is 9.22. The lowest BCUT2D eigenvalue weighted by atomic mass is 10.1. The summed E-state index contributed by atoms with van der Waals surface area (Å²) in [5.41, 5.74) is 0. The number of sulfonamides is 2. The predicted molar refractivity (Wildman–Crippen MR) is 103 cm³/mol. The summed E-state index contributed by atoms with van der Waals surface area (Å²) < 4.78 is 64.3. The molecule has 0 atom stereocenters. The topological polar surface area (TPSA) is 102 Å². The quantitative estimate of drug-likeness (QED) is 0.651. The first-order valence-corrected chi connectivity index (χ1v) is 12.2. The van der Waals surface area contributed by atoms with Gasteiger partial charge in [-0.25, -0.2) is 25.9 Å². The number of hydrogen-bond acceptors (Lipinski definition) is 6. The summed E-state index contributed by atoms with van der Waals surface area (Å²) >= 11 is 0. The first kappa shape index (κ1) is 21.9. The van der Waals surface area contributed by atoms with Gasteiger partial charge in [0.25, 0.3) is 0 Å². The van der Waals surface area contributed by atoms with Crippen LogP contribution in [0.3, 0.4) is 0 Å². The van der Waals surface area contributed by atoms with E-state index in [0.717, 1.165) is 0 Å². The summed E-state index contributed by atoms with van der Waals surface area (Å²) in [6.07, 6.45) is 0.877. The molecule has 1 N–H and O–H groups in total. The van der Waals surface area contributed by atoms with E-state index < -0.39 is 20.0 Å². The highest BCUT2D eigenvalue weighted by molar-refractivity contribution is 7.89. The van der Waals surface area contributed by atoms with Gasteiger partial charge in [-0.05, 0) is 45.7 Å². The van der Waals surface area contributed by atoms with Crippen LogP contribution in [0.2, 0.25) is 0 Å². The number of benzene rings is 1. The highest BCUT2D eigenvalue weighted by atomic mass is 32.2. The van der Waals surface area contributed by atoms with E-state index in [9.17, 15) is 16.8 Å². The van der Waals surface area contributed by atoms with E-state index >= 15 is 0 Å². The SMILES string of the molecule is CCOc1ccc(S(=O)(=O)NC2CCN(S(=O)(=O)CC)CC2)cc1OCC. The molecule has 154 valence electrons. The standard InChI is InChI=1S/C17H28N2O6S2/c1-4-24-16-8-7-15(13-17(16)25-5-2)27(22,23)18-14-9-11-19(12-10-14)26(20,21)6-3/h7-8,13-14,18H,4-6,9-12H2,1-3H3. The largest absolute Gasteiger partial charge is 0.490 e. The van der Waals surface area contributed by atoms with Gasteiger partial charge in [0.2, 0.25) is 20.0 Å². The van der Waals surface area contributed by atoms with Gasteiger partial charge in [-0.2, -0.15) is 0 Å². The van der Waals surface area contributed by atoms with Crippen molar-refractivity contribution in [2.45, 2.75) is 44.6 Å². The maximum absolute atomic E-state index is 12.7. The molecule has 1 aliphatic rings. The second-order valence-electron chi connectivity index (χ2n) is 6.17. The van der Waals surface area contributed by atoms with E-state index in [-0.39, 0.29) is 16.7 Å². The molecule has 8 nitrogen and oxygen atoms in total. The molecule has 1 aliphatic heterocycles. The van der Waals surface area contributed by atoms with Gasteiger partial charge in [0, 0.05) is 25.2 Å². The lowest BCUT2D eigenvalue weighted by molar-refractivity contribution is 0.287. The monoisotopic (exact) mass is 420 g/mol. The predicted octanol–water partition coefficient (Wildman–Crippen LogP) is 1.58. The van der Waals surface area contributed by atoms with Crippen molar-refractivity contribution < 1.29 is 26.3 Å². The molecule has 0 saturated carbocycles. The molecule has 1 saturated heterocycles. The number of piperidine rings is 1. The molecule has 2 rings (SSSR count). The van der Waals surface area contributed by atoms with E-state index in [1.165, 1.54) is 16.4 Å². The number of hydrogen-bond donors (Lipinski definition) is 1. The minimum Gasteiger partial charge on any atom is -0.490 e. The van der Waals surface area contributed by atoms with Crippen LogP contribution in [0, 0.1) is 0 Å². The molecule has 1 aromatic carbocycles. The highest BCUT2D eigenvalue weighted by Crippen LogP contribution is 2.30. The number of nitrogens with zero attached hydrogens (tertiary/aromatic N) is 1. The molecular weight excluding hydrogens is 392 g/mol. The van der Waals surface area contributed by atoms with Crippen molar-refractivity contribution in [1.29, 1.82) is 0 Å². The Hall–Kier alpha value is -1.36. The minimum absolute atomic E-state index is 0.0514. The van der Waals surface area contributed by atoms with Gasteiger partial charge >= 0.3 is 0 Å². The van der Waals surface area contributed by atoms with Crippen LogP contribution in [-0.2, 0) is 20.0 Å². The maximum atomic E-state index is 12.7. The Morgan fingerprint density at radius 1 is 1.00 bits per heavy atom. The third kappa shape index (κ3) is 5.56. The fourth-order valence-corrected chi connectivity index (χ4v) is 5.37. The molecule has 0 aromatic heterocycles. The fourth-order valence-electron chi connectivity index (χ4n) is 2.92. The number of ether oxygens (including phenoxy) is 2. The van der Waals surface area contributed by atoms with Crippen molar-refractivity contribution in [2.24, 2.45) is 0 Å². The Morgan fingerprint density at radius 2 is 1.59 bits per heavy atom. The smallest absolute Gasteiger partial charge is 0.240 e. The lowest BCUT2D eigenvalue weighted by Crippen LogP contribution is -2.46. The Balaban J connectivity index is 2.10. The van der Waals surface area contributed by atoms with Crippen molar-refractivity contribution in [3.63, 3.8) is 0 Å². The van der Waals surface area contributed by atoms with Crippen LogP contribution in [-0.4, -0.2) is 59.2 Å². The van der Waals surface area contributed by atoms with Crippen molar-refractivity contribution in [1.82, 2.24) is 9.03 Å². The average Bonchev–Trinajstić information content (AvgIpc) is 2.63. The van der Waals surface area contributed by atoms with E-state index in [4.69, 9.17) is 9.47 Å². The van der Waals surface area contributed by atoms with E-state index in [1.54, 1.807) is 13.0 Å². The molecule has 0 amide bonds. The molecule has 0 radical (unpaired) electrons. The molecular formula is C17H28N2O6S2. The molecule has 10 heteroatoms. The van der Waals surface area contributed by atoms with Gasteiger partial charge in [-0.1, -0.05) is 0 Å². The maximum Gasteiger partial charge on any atom is 0.240 e. The first-order chi connectivity index (χ1) is 12.7. The van der Waals surface area contributed by atoms with Crippen molar-refractivity contribution in [2.75, 3.05) is 32.1 Å². The summed E-state index contributed by atoms with van der Waals surface area (Å²) in [6.45, 7) is 6.73. The third-order valence-electron chi connectivity index (χ3n) is 4.36. The molecule has 27 heavy (non-hydrogen) atoms. The van der Waals surface area contributed by atoms with Gasteiger partial charge in [0.05, 0.1) is 23.9 Å². The Morgan fingerprint density at radius 3 is 2.15 bits per heavy atom. The van der Waals surface area contributed by atoms with E-state index in [1.807, 2.05) is 13.8 Å². The fraction of sp³-hybridized carbons (Fsp3) is 0.647. The second-order valence-corrected chi connectivity index (χ2v) is 10.1. The van der Waals surface area contributed by atoms with Gasteiger partial charge in [0.1, 0.15) is 0 Å². The Kier molecular flexibility index (Phi) is 7.49. The van der Waals surface area contributed by atoms with Gasteiger partial charge in [0.15, 0.2) is 11.5 Å². The van der Waals surface area contributed by atoms with Crippen molar-refractivity contribution >= 4 is 20.0 Å². The van der Waals surface area contributed by atoms with Gasteiger partial charge in [-0.3, -0.25) is 0 Å². The van der Waals surface area contributed by atoms with Crippen LogP contribution >= 0.6 is 0 Å². The highest BCUT2D eigenvalue weighted by Gasteiger charge is 2.29. The first-order valence-electron chi connectivity index (χ1n) is 9.13. The molecule has 0 spiro atoms. The zero-order chi connectivity index (χ0) is 20.1. The molecule has 0 bridgehead atoms. The van der Waals surface area contributed by atoms with Gasteiger partial charge < -0.3 is 9.47 Å². The van der Waals surface area contributed by atoms with Crippen LogP contribution in [0.1, 0.15) is 33.6 Å². The third-order valence-corrected chi connectivity index (χ3v) is 7.76. The summed E-state index contributed by atoms with van der Waals surface area (Å²) in [5, 5.41) is 0. The molecule has 1 fully saturated rings. The zero-order valence-electron chi connectivity index (χ0n) is 16.0. The summed E-state index contributed by atoms with van der Waals surface area (Å²) in [7, 11) is -6.98. The van der Waals surface area contributed by atoms with Crippen LogP contribution in [0.15, 0.2) is 23.1 Å². The minimum atomic E-state index is -3.74. The summed E-state index contributed by atoms with van der Waals surface area (Å²) in [6, 6.07) is 4.21. The molecule has 1 heterocycles. The Labute approximate surface area is 161 Å². The average molecular weight is 421 g/mol. The van der Waals surface area contributed by atoms with Crippen molar-refractivity contribution in [3.05, 3.63) is 18.2 Å². The zero-order valence-corrected chi connectivity index (χ0v) is 17.6. The van der Waals surface area contributed by atoms with E-state index in [0.29, 0.717) is 50.6 Å². The Bertz CT molecular complexity index is 831. The number of nitrogens with one attached hydrogen (secondary N) is 1. The number of rotatable bonds is 9. The normalized spacial score (nSPS) is 17.0. The van der Waals surface area contributed by atoms with Gasteiger partial charge in [-0.15, -0.1) is 0 Å². The molecule has 1 aromatic rings. The summed E-state index contributed by atoms with van der Waals surface area (Å²) in [5.74, 6) is 0.929. The molecule has 0 unspecified atom stereocenters. The summed E-state index contributed by atoms with van der Waals surface area (Å²) in [4.78, 5) is 0.0954. The van der Waals surface area contributed by atoms with Crippen LogP contribution in [0.25, 0.3) is 0 Å². The molecule has 0 aliphatic carbocycles. The van der Waals surface area contributed by atoms with Crippen LogP contribution in [0.5, 0.6) is 11.5 Å².